The van der Waals surface area contributed by atoms with Crippen LogP contribution in [0, 0.1) is 0 Å². The van der Waals surface area contributed by atoms with Crippen LogP contribution in [0.4, 0.5) is 0 Å². The van der Waals surface area contributed by atoms with Crippen LogP contribution >= 0.6 is 22.9 Å². The molecular weight excluding hydrogens is 378 g/mol. The Balaban J connectivity index is 1.55. The quantitative estimate of drug-likeness (QED) is 0.646. The van der Waals surface area contributed by atoms with Gasteiger partial charge in [-0.15, -0.1) is 11.3 Å². The highest BCUT2D eigenvalue weighted by atomic mass is 35.5. The molecule has 3 aromatic rings. The highest BCUT2D eigenvalue weighted by Gasteiger charge is 2.42. The maximum atomic E-state index is 13.3. The minimum Gasteiger partial charge on any atom is -0.353 e. The number of carbonyl (C=O) groups excluding carboxylic acids is 1. The lowest BCUT2D eigenvalue weighted by atomic mass is 9.78. The molecule has 0 aliphatic heterocycles. The van der Waals surface area contributed by atoms with Crippen LogP contribution < -0.4 is 5.32 Å². The number of aromatic nitrogens is 2. The van der Waals surface area contributed by atoms with Gasteiger partial charge in [-0.1, -0.05) is 42.6 Å². The Morgan fingerprint density at radius 2 is 2.00 bits per heavy atom. The summed E-state index contributed by atoms with van der Waals surface area (Å²) < 4.78 is 1.91. The highest BCUT2D eigenvalue weighted by molar-refractivity contribution is 7.10. The molecule has 1 atom stereocenters. The summed E-state index contributed by atoms with van der Waals surface area (Å²) >= 11 is 7.73. The van der Waals surface area contributed by atoms with Gasteiger partial charge in [-0.25, -0.2) is 0 Å². The molecule has 1 saturated carbocycles. The second kappa shape index (κ2) is 7.87. The van der Waals surface area contributed by atoms with E-state index in [1.165, 1.54) is 4.88 Å². The van der Waals surface area contributed by atoms with Gasteiger partial charge >= 0.3 is 0 Å². The summed E-state index contributed by atoms with van der Waals surface area (Å²) in [6.45, 7) is 0.524. The molecular formula is C21H22ClN3OS. The van der Waals surface area contributed by atoms with Crippen LogP contribution in [0.1, 0.15) is 42.2 Å². The van der Waals surface area contributed by atoms with Gasteiger partial charge in [-0.3, -0.25) is 9.48 Å². The zero-order valence-electron chi connectivity index (χ0n) is 15.0. The second-order valence-electron chi connectivity index (χ2n) is 7.02. The maximum absolute atomic E-state index is 13.3. The molecule has 1 unspecified atom stereocenters. The Kier molecular flexibility index (Phi) is 5.32. The Hall–Kier alpha value is -2.11. The molecule has 4 rings (SSSR count). The molecule has 4 nitrogen and oxygen atoms in total. The van der Waals surface area contributed by atoms with Crippen molar-refractivity contribution in [3.8, 4) is 0 Å². The molecule has 0 radical (unpaired) electrons. The van der Waals surface area contributed by atoms with Gasteiger partial charge in [-0.2, -0.15) is 5.10 Å². The molecule has 1 fully saturated rings. The number of thiophene rings is 1. The largest absolute Gasteiger partial charge is 0.353 e. The molecule has 0 saturated heterocycles. The maximum Gasteiger partial charge on any atom is 0.230 e. The predicted octanol–water partition coefficient (Wildman–Crippen LogP) is 4.82. The molecule has 1 aromatic carbocycles. The van der Waals surface area contributed by atoms with Crippen molar-refractivity contribution in [1.82, 2.24) is 15.1 Å². The number of amides is 1. The lowest BCUT2D eigenvalue weighted by Crippen LogP contribution is -2.44. The molecule has 27 heavy (non-hydrogen) atoms. The van der Waals surface area contributed by atoms with E-state index in [1.54, 1.807) is 17.5 Å². The van der Waals surface area contributed by atoms with Gasteiger partial charge in [0.25, 0.3) is 0 Å². The first kappa shape index (κ1) is 18.3. The van der Waals surface area contributed by atoms with E-state index in [0.29, 0.717) is 11.6 Å². The monoisotopic (exact) mass is 399 g/mol. The van der Waals surface area contributed by atoms with Crippen LogP contribution in [0.5, 0.6) is 0 Å². The summed E-state index contributed by atoms with van der Waals surface area (Å²) in [6.07, 6.45) is 7.63. The second-order valence-corrected chi connectivity index (χ2v) is 8.44. The van der Waals surface area contributed by atoms with Gasteiger partial charge < -0.3 is 5.32 Å². The lowest BCUT2D eigenvalue weighted by Gasteiger charge is -2.29. The number of rotatable bonds is 6. The number of hydrogen-bond donors (Lipinski definition) is 1. The lowest BCUT2D eigenvalue weighted by molar-refractivity contribution is -0.126. The number of hydrogen-bond acceptors (Lipinski definition) is 3. The van der Waals surface area contributed by atoms with E-state index >= 15 is 0 Å². The first-order chi connectivity index (χ1) is 13.2. The predicted molar refractivity (Wildman–Crippen MR) is 109 cm³/mol. The minimum atomic E-state index is -0.450. The fraction of sp³-hybridized carbons (Fsp3) is 0.333. The normalized spacial score (nSPS) is 16.9. The smallest absolute Gasteiger partial charge is 0.230 e. The van der Waals surface area contributed by atoms with E-state index in [2.05, 4.69) is 21.9 Å². The molecule has 140 valence electrons. The van der Waals surface area contributed by atoms with Crippen molar-refractivity contribution in [2.45, 2.75) is 37.1 Å². The van der Waals surface area contributed by atoms with Gasteiger partial charge in [0, 0.05) is 28.8 Å². The summed E-state index contributed by atoms with van der Waals surface area (Å²) in [6, 6.07) is 13.8. The first-order valence-electron chi connectivity index (χ1n) is 9.26. The summed E-state index contributed by atoms with van der Waals surface area (Å²) in [7, 11) is 0. The zero-order valence-corrected chi connectivity index (χ0v) is 16.5. The molecule has 1 amide bonds. The molecule has 0 spiro atoms. The molecule has 2 heterocycles. The van der Waals surface area contributed by atoms with Crippen LogP contribution in [0.2, 0.25) is 5.02 Å². The van der Waals surface area contributed by atoms with Crippen molar-refractivity contribution >= 4 is 28.8 Å². The van der Waals surface area contributed by atoms with E-state index in [9.17, 15) is 4.79 Å². The average molecular weight is 400 g/mol. The molecule has 0 bridgehead atoms. The number of nitrogens with one attached hydrogen (secondary N) is 1. The molecule has 6 heteroatoms. The van der Waals surface area contributed by atoms with Crippen molar-refractivity contribution in [2.75, 3.05) is 6.54 Å². The number of nitrogens with zero attached hydrogens (tertiary/aromatic N) is 2. The van der Waals surface area contributed by atoms with Crippen molar-refractivity contribution < 1.29 is 4.79 Å². The third-order valence-corrected chi connectivity index (χ3v) is 6.69. The van der Waals surface area contributed by atoms with Gasteiger partial charge in [0.05, 0.1) is 5.41 Å². The van der Waals surface area contributed by atoms with Gasteiger partial charge in [0.15, 0.2) is 0 Å². The molecule has 1 N–H and O–H groups in total. The van der Waals surface area contributed by atoms with E-state index in [1.807, 2.05) is 47.3 Å². The molecule has 2 aromatic heterocycles. The third kappa shape index (κ3) is 3.66. The van der Waals surface area contributed by atoms with Crippen LogP contribution in [0.3, 0.4) is 0 Å². The van der Waals surface area contributed by atoms with Crippen molar-refractivity contribution in [2.24, 2.45) is 0 Å². The van der Waals surface area contributed by atoms with Crippen LogP contribution in [0.25, 0.3) is 0 Å². The zero-order chi connectivity index (χ0) is 18.7. The Morgan fingerprint density at radius 3 is 2.63 bits per heavy atom. The van der Waals surface area contributed by atoms with Gasteiger partial charge in [0.2, 0.25) is 5.91 Å². The van der Waals surface area contributed by atoms with Crippen molar-refractivity contribution in [3.05, 3.63) is 75.7 Å². The van der Waals surface area contributed by atoms with Crippen LogP contribution in [-0.2, 0) is 10.2 Å². The Morgan fingerprint density at radius 1 is 1.22 bits per heavy atom. The Bertz CT molecular complexity index is 835. The number of carbonyl (C=O) groups is 1. The fourth-order valence-electron chi connectivity index (χ4n) is 4.02. The summed E-state index contributed by atoms with van der Waals surface area (Å²) in [5.74, 6) is 0.107. The molecule has 1 aliphatic carbocycles. The summed E-state index contributed by atoms with van der Waals surface area (Å²) in [5.41, 5.74) is 0.614. The van der Waals surface area contributed by atoms with Gasteiger partial charge in [-0.05, 0) is 48.1 Å². The van der Waals surface area contributed by atoms with Crippen LogP contribution in [0.15, 0.2) is 60.2 Å². The average Bonchev–Trinajstić information content (AvgIpc) is 3.45. The number of benzene rings is 1. The van der Waals surface area contributed by atoms with Crippen molar-refractivity contribution in [1.29, 1.82) is 0 Å². The molecule has 1 aliphatic rings. The SMILES string of the molecule is O=C(NCC(c1cccs1)n1cccn1)C1(c2ccc(Cl)cc2)CCCC1. The highest BCUT2D eigenvalue weighted by Crippen LogP contribution is 2.41. The van der Waals surface area contributed by atoms with Crippen LogP contribution in [-0.4, -0.2) is 22.2 Å². The van der Waals surface area contributed by atoms with Crippen molar-refractivity contribution in [3.63, 3.8) is 0 Å². The third-order valence-electron chi connectivity index (χ3n) is 5.46. The van der Waals surface area contributed by atoms with E-state index in [4.69, 9.17) is 11.6 Å². The van der Waals surface area contributed by atoms with E-state index in [0.717, 1.165) is 31.2 Å². The van der Waals surface area contributed by atoms with E-state index in [-0.39, 0.29) is 11.9 Å². The first-order valence-corrected chi connectivity index (χ1v) is 10.5. The minimum absolute atomic E-state index is 0.00706. The Labute approximate surface area is 168 Å². The van der Waals surface area contributed by atoms with Gasteiger partial charge in [0.1, 0.15) is 6.04 Å². The standard InChI is InChI=1S/C21H22ClN3OS/c22-17-8-6-16(7-9-17)21(10-1-2-11-21)20(26)23-15-18(19-5-3-14-27-19)25-13-4-12-24-25/h3-9,12-14,18H,1-2,10-11,15H2,(H,23,26). The topological polar surface area (TPSA) is 46.9 Å². The summed E-state index contributed by atoms with van der Waals surface area (Å²) in [5, 5.41) is 10.4. The van der Waals surface area contributed by atoms with E-state index < -0.39 is 5.41 Å². The summed E-state index contributed by atoms with van der Waals surface area (Å²) in [4.78, 5) is 14.5. The number of halogens is 1. The fourth-order valence-corrected chi connectivity index (χ4v) is 4.97.